The Kier molecular flexibility index (Phi) is 4.68. The number of aryl methyl sites for hydroxylation is 1. The lowest BCUT2D eigenvalue weighted by atomic mass is 10.0. The molecule has 0 atom stereocenters. The Bertz CT molecular complexity index is 1010. The molecule has 0 bridgehead atoms. The molecule has 3 aromatic rings. The predicted octanol–water partition coefficient (Wildman–Crippen LogP) is 3.98. The number of nitro benzene ring substituents is 1. The summed E-state index contributed by atoms with van der Waals surface area (Å²) in [4.78, 5) is 11.2. The summed E-state index contributed by atoms with van der Waals surface area (Å²) < 4.78 is 1.76. The van der Waals surface area contributed by atoms with Crippen molar-refractivity contribution in [3.63, 3.8) is 0 Å². The third-order valence-corrected chi connectivity index (χ3v) is 5.11. The first kappa shape index (κ1) is 17.7. The Morgan fingerprint density at radius 3 is 2.78 bits per heavy atom. The lowest BCUT2D eigenvalue weighted by Gasteiger charge is -2.16. The van der Waals surface area contributed by atoms with Crippen molar-refractivity contribution in [2.45, 2.75) is 26.3 Å². The highest BCUT2D eigenvalue weighted by Gasteiger charge is 2.25. The fourth-order valence-corrected chi connectivity index (χ4v) is 3.64. The van der Waals surface area contributed by atoms with Gasteiger partial charge in [-0.05, 0) is 36.2 Å². The van der Waals surface area contributed by atoms with Crippen LogP contribution in [0, 0.1) is 17.0 Å². The number of halogens is 1. The van der Waals surface area contributed by atoms with Crippen molar-refractivity contribution in [2.75, 3.05) is 6.54 Å². The van der Waals surface area contributed by atoms with E-state index in [-0.39, 0.29) is 10.6 Å². The monoisotopic (exact) mass is 382 g/mol. The summed E-state index contributed by atoms with van der Waals surface area (Å²) in [7, 11) is 0. The van der Waals surface area contributed by atoms with Crippen molar-refractivity contribution >= 4 is 17.3 Å². The molecule has 0 spiro atoms. The number of nitrogens with zero attached hydrogens (tertiary/aromatic N) is 3. The van der Waals surface area contributed by atoms with Crippen molar-refractivity contribution in [2.24, 2.45) is 0 Å². The topological polar surface area (TPSA) is 73.0 Å². The average molecular weight is 383 g/mol. The number of hydrogen-bond acceptors (Lipinski definition) is 4. The molecule has 0 unspecified atom stereocenters. The zero-order chi connectivity index (χ0) is 19.0. The Morgan fingerprint density at radius 2 is 2.04 bits per heavy atom. The third-order valence-electron chi connectivity index (χ3n) is 4.85. The second-order valence-electron chi connectivity index (χ2n) is 6.76. The van der Waals surface area contributed by atoms with E-state index in [9.17, 15) is 10.1 Å². The van der Waals surface area contributed by atoms with E-state index in [4.69, 9.17) is 16.7 Å². The molecular formula is C20H19ClN4O2. The maximum Gasteiger partial charge on any atom is 0.295 e. The van der Waals surface area contributed by atoms with Gasteiger partial charge in [-0.1, -0.05) is 29.8 Å². The molecular weight excluding hydrogens is 364 g/mol. The largest absolute Gasteiger partial charge is 0.312 e. The van der Waals surface area contributed by atoms with Crippen molar-refractivity contribution < 1.29 is 4.92 Å². The summed E-state index contributed by atoms with van der Waals surface area (Å²) >= 11 is 5.98. The van der Waals surface area contributed by atoms with E-state index < -0.39 is 0 Å². The van der Waals surface area contributed by atoms with Gasteiger partial charge in [0.25, 0.3) is 5.69 Å². The van der Waals surface area contributed by atoms with Crippen molar-refractivity contribution in [1.82, 2.24) is 15.1 Å². The SMILES string of the molecule is Cc1ccc(-n2nc(Cc3ccc(Cl)cc3)c3c2CCNC3)c([N+](=O)[O-])c1. The number of rotatable bonds is 4. The van der Waals surface area contributed by atoms with E-state index in [0.29, 0.717) is 17.1 Å². The Morgan fingerprint density at radius 1 is 1.26 bits per heavy atom. The van der Waals surface area contributed by atoms with E-state index in [0.717, 1.165) is 47.6 Å². The molecule has 7 heteroatoms. The number of nitro groups is 1. The summed E-state index contributed by atoms with van der Waals surface area (Å²) in [5, 5.41) is 20.5. The number of nitrogens with one attached hydrogen (secondary N) is 1. The highest BCUT2D eigenvalue weighted by molar-refractivity contribution is 6.30. The smallest absolute Gasteiger partial charge is 0.295 e. The fourth-order valence-electron chi connectivity index (χ4n) is 3.51. The molecule has 27 heavy (non-hydrogen) atoms. The molecule has 1 aliphatic rings. The molecule has 0 saturated heterocycles. The molecule has 0 amide bonds. The van der Waals surface area contributed by atoms with Crippen molar-refractivity contribution in [3.8, 4) is 5.69 Å². The summed E-state index contributed by atoms with van der Waals surface area (Å²) in [6, 6.07) is 13.0. The van der Waals surface area contributed by atoms with Gasteiger partial charge in [0.15, 0.2) is 0 Å². The summed E-state index contributed by atoms with van der Waals surface area (Å²) in [5.41, 5.74) is 5.68. The highest BCUT2D eigenvalue weighted by atomic mass is 35.5. The van der Waals surface area contributed by atoms with Crippen LogP contribution in [0.2, 0.25) is 5.02 Å². The first-order valence-corrected chi connectivity index (χ1v) is 9.21. The van der Waals surface area contributed by atoms with Gasteiger partial charge in [-0.3, -0.25) is 10.1 Å². The first-order chi connectivity index (χ1) is 13.0. The van der Waals surface area contributed by atoms with Crippen LogP contribution < -0.4 is 5.32 Å². The molecule has 0 fully saturated rings. The summed E-state index contributed by atoms with van der Waals surface area (Å²) in [5.74, 6) is 0. The Labute approximate surface area is 161 Å². The van der Waals surface area contributed by atoms with Gasteiger partial charge in [0.05, 0.1) is 16.3 Å². The average Bonchev–Trinajstić information content (AvgIpc) is 3.02. The van der Waals surface area contributed by atoms with Crippen LogP contribution in [0.5, 0.6) is 0 Å². The van der Waals surface area contributed by atoms with Gasteiger partial charge in [0.1, 0.15) is 5.69 Å². The Balaban J connectivity index is 1.82. The van der Waals surface area contributed by atoms with E-state index in [1.54, 1.807) is 16.8 Å². The predicted molar refractivity (Wildman–Crippen MR) is 105 cm³/mol. The van der Waals surface area contributed by atoms with Gasteiger partial charge in [0.2, 0.25) is 0 Å². The minimum atomic E-state index is -0.337. The molecule has 6 nitrogen and oxygen atoms in total. The van der Waals surface area contributed by atoms with Gasteiger partial charge in [-0.15, -0.1) is 0 Å². The second kappa shape index (κ2) is 7.13. The number of benzene rings is 2. The van der Waals surface area contributed by atoms with Gasteiger partial charge in [-0.25, -0.2) is 4.68 Å². The van der Waals surface area contributed by atoms with Crippen LogP contribution in [-0.2, 0) is 19.4 Å². The van der Waals surface area contributed by atoms with Crippen molar-refractivity contribution in [3.05, 3.63) is 85.7 Å². The van der Waals surface area contributed by atoms with Crippen LogP contribution in [0.1, 0.15) is 28.1 Å². The fraction of sp³-hybridized carbons (Fsp3) is 0.250. The normalized spacial score (nSPS) is 13.4. The van der Waals surface area contributed by atoms with E-state index in [2.05, 4.69) is 5.32 Å². The zero-order valence-electron chi connectivity index (χ0n) is 14.9. The van der Waals surface area contributed by atoms with Crippen LogP contribution in [0.15, 0.2) is 42.5 Å². The first-order valence-electron chi connectivity index (χ1n) is 8.83. The minimum absolute atomic E-state index is 0.0804. The number of hydrogen-bond donors (Lipinski definition) is 1. The van der Waals surface area contributed by atoms with E-state index >= 15 is 0 Å². The Hall–Kier alpha value is -2.70. The van der Waals surface area contributed by atoms with Crippen LogP contribution in [0.4, 0.5) is 5.69 Å². The molecule has 2 aromatic carbocycles. The molecule has 2 heterocycles. The molecule has 1 N–H and O–H groups in total. The van der Waals surface area contributed by atoms with Gasteiger partial charge >= 0.3 is 0 Å². The summed E-state index contributed by atoms with van der Waals surface area (Å²) in [6.07, 6.45) is 1.45. The van der Waals surface area contributed by atoms with Crippen LogP contribution >= 0.6 is 11.6 Å². The molecule has 4 rings (SSSR count). The number of aromatic nitrogens is 2. The van der Waals surface area contributed by atoms with Gasteiger partial charge in [0, 0.05) is 42.6 Å². The maximum absolute atomic E-state index is 11.6. The van der Waals surface area contributed by atoms with E-state index in [1.807, 2.05) is 37.3 Å². The van der Waals surface area contributed by atoms with Gasteiger partial charge in [-0.2, -0.15) is 5.10 Å². The zero-order valence-corrected chi connectivity index (χ0v) is 15.7. The lowest BCUT2D eigenvalue weighted by molar-refractivity contribution is -0.384. The van der Waals surface area contributed by atoms with Crippen LogP contribution in [0.3, 0.4) is 0 Å². The highest BCUT2D eigenvalue weighted by Crippen LogP contribution is 2.29. The molecule has 0 aliphatic carbocycles. The maximum atomic E-state index is 11.6. The molecule has 1 aromatic heterocycles. The quantitative estimate of drug-likeness (QED) is 0.547. The van der Waals surface area contributed by atoms with Crippen LogP contribution in [-0.4, -0.2) is 21.2 Å². The van der Waals surface area contributed by atoms with Crippen LogP contribution in [0.25, 0.3) is 5.69 Å². The summed E-state index contributed by atoms with van der Waals surface area (Å²) in [6.45, 7) is 3.40. The lowest BCUT2D eigenvalue weighted by Crippen LogP contribution is -2.25. The van der Waals surface area contributed by atoms with E-state index in [1.165, 1.54) is 0 Å². The standard InChI is InChI=1S/C20H19ClN4O2/c1-13-2-7-19(20(10-13)25(26)27)24-18-8-9-22-12-16(18)17(23-24)11-14-3-5-15(21)6-4-14/h2-7,10,22H,8-9,11-12H2,1H3. The number of fused-ring (bicyclic) bond motifs is 1. The van der Waals surface area contributed by atoms with Crippen molar-refractivity contribution in [1.29, 1.82) is 0 Å². The molecule has 0 saturated carbocycles. The van der Waals surface area contributed by atoms with Gasteiger partial charge < -0.3 is 5.32 Å². The molecule has 138 valence electrons. The third kappa shape index (κ3) is 3.46. The molecule has 1 aliphatic heterocycles. The molecule has 0 radical (unpaired) electrons. The minimum Gasteiger partial charge on any atom is -0.312 e. The second-order valence-corrected chi connectivity index (χ2v) is 7.20.